The van der Waals surface area contributed by atoms with Crippen molar-refractivity contribution in [2.24, 2.45) is 23.5 Å². The summed E-state index contributed by atoms with van der Waals surface area (Å²) in [5, 5.41) is 12.0. The van der Waals surface area contributed by atoms with E-state index >= 15 is 0 Å². The van der Waals surface area contributed by atoms with E-state index in [4.69, 9.17) is 10.5 Å². The van der Waals surface area contributed by atoms with E-state index in [2.05, 4.69) is 5.32 Å². The van der Waals surface area contributed by atoms with Crippen molar-refractivity contribution in [3.63, 3.8) is 0 Å². The van der Waals surface area contributed by atoms with Crippen LogP contribution in [0.2, 0.25) is 0 Å². The lowest BCUT2D eigenvalue weighted by Crippen LogP contribution is -2.63. The molecular formula is C26H35N3O5S. The summed E-state index contributed by atoms with van der Waals surface area (Å²) in [6.45, 7) is 3.86. The fraction of sp³-hybridized carbons (Fsp3) is 0.423. The number of ether oxygens (including phenoxy) is 1. The maximum atomic E-state index is 14.0. The monoisotopic (exact) mass is 501 g/mol. The number of methoxy groups -OCH3 is 1. The number of carbonyl (C=O) groups excluding carboxylic acids is 3. The minimum atomic E-state index is -1.91. The number of nitrogens with two attached hydrogens (primary N) is 1. The number of thioether (sulfide) groups is 1. The summed E-state index contributed by atoms with van der Waals surface area (Å²) in [7, 11) is 2.97. The summed E-state index contributed by atoms with van der Waals surface area (Å²) in [6.07, 6.45) is 0.272. The normalized spacial score (nSPS) is 14.5. The lowest BCUT2D eigenvalue weighted by Gasteiger charge is -2.34. The van der Waals surface area contributed by atoms with Gasteiger partial charge in [0.05, 0.1) is 13.0 Å². The summed E-state index contributed by atoms with van der Waals surface area (Å²) in [5.41, 5.74) is 7.04. The van der Waals surface area contributed by atoms with Gasteiger partial charge >= 0.3 is 0 Å². The minimum Gasteiger partial charge on any atom is -0.497 e. The molecule has 2 aromatic rings. The van der Waals surface area contributed by atoms with Gasteiger partial charge in [-0.2, -0.15) is 0 Å². The van der Waals surface area contributed by atoms with E-state index < -0.39 is 35.0 Å². The number of nitrogens with one attached hydrogen (secondary N) is 2. The van der Waals surface area contributed by atoms with Gasteiger partial charge < -0.3 is 15.8 Å². The first-order chi connectivity index (χ1) is 16.7. The van der Waals surface area contributed by atoms with Gasteiger partial charge in [0, 0.05) is 30.0 Å². The van der Waals surface area contributed by atoms with Crippen LogP contribution in [0.3, 0.4) is 0 Å². The fourth-order valence-electron chi connectivity index (χ4n) is 4.02. The van der Waals surface area contributed by atoms with Gasteiger partial charge in [0.1, 0.15) is 5.75 Å². The molecule has 0 spiro atoms. The van der Waals surface area contributed by atoms with E-state index in [0.29, 0.717) is 17.7 Å². The summed E-state index contributed by atoms with van der Waals surface area (Å²) < 4.78 is 5.18. The smallest absolute Gasteiger partial charge is 0.248 e. The van der Waals surface area contributed by atoms with E-state index in [0.717, 1.165) is 4.90 Å². The number of hydrogen-bond acceptors (Lipinski definition) is 7. The molecule has 190 valence electrons. The summed E-state index contributed by atoms with van der Waals surface area (Å²) >= 11 is 1.40. The van der Waals surface area contributed by atoms with Gasteiger partial charge in [-0.05, 0) is 42.2 Å². The van der Waals surface area contributed by atoms with Crippen LogP contribution in [-0.4, -0.2) is 48.3 Å². The van der Waals surface area contributed by atoms with E-state index in [1.54, 1.807) is 36.9 Å². The second-order valence-electron chi connectivity index (χ2n) is 8.88. The highest BCUT2D eigenvalue weighted by Crippen LogP contribution is 2.32. The molecule has 3 atom stereocenters. The fourth-order valence-corrected chi connectivity index (χ4v) is 5.13. The van der Waals surface area contributed by atoms with Gasteiger partial charge in [0.25, 0.3) is 0 Å². The van der Waals surface area contributed by atoms with Crippen LogP contribution in [-0.2, 0) is 20.8 Å². The molecule has 2 rings (SSSR count). The maximum absolute atomic E-state index is 14.0. The van der Waals surface area contributed by atoms with Crippen molar-refractivity contribution >= 4 is 29.4 Å². The molecule has 2 aromatic carbocycles. The van der Waals surface area contributed by atoms with Crippen LogP contribution in [0.15, 0.2) is 59.5 Å². The molecule has 0 radical (unpaired) electrons. The first-order valence-corrected chi connectivity index (χ1v) is 12.4. The molecule has 2 unspecified atom stereocenters. The van der Waals surface area contributed by atoms with Crippen LogP contribution in [0, 0.1) is 17.8 Å². The van der Waals surface area contributed by atoms with Gasteiger partial charge in [-0.15, -0.1) is 11.8 Å². The minimum absolute atomic E-state index is 0.0367. The molecule has 0 aromatic heterocycles. The van der Waals surface area contributed by atoms with Crippen LogP contribution in [0.4, 0.5) is 0 Å². The molecule has 0 heterocycles. The Hall–Kier alpha value is -2.88. The van der Waals surface area contributed by atoms with Gasteiger partial charge in [-0.1, -0.05) is 44.2 Å². The highest BCUT2D eigenvalue weighted by atomic mass is 32.2. The predicted octanol–water partition coefficient (Wildman–Crippen LogP) is 2.83. The zero-order valence-electron chi connectivity index (χ0n) is 20.6. The Morgan fingerprint density at radius 1 is 1.06 bits per heavy atom. The third-order valence-electron chi connectivity index (χ3n) is 5.88. The molecule has 0 aliphatic carbocycles. The molecule has 0 saturated carbocycles. The van der Waals surface area contributed by atoms with Gasteiger partial charge in [0.15, 0.2) is 11.3 Å². The van der Waals surface area contributed by atoms with E-state index in [1.807, 2.05) is 44.2 Å². The van der Waals surface area contributed by atoms with Crippen LogP contribution < -0.4 is 21.3 Å². The first-order valence-electron chi connectivity index (χ1n) is 11.5. The lowest BCUT2D eigenvalue weighted by molar-refractivity contribution is -0.144. The number of hydrogen-bond donors (Lipinski definition) is 4. The van der Waals surface area contributed by atoms with Crippen molar-refractivity contribution in [3.05, 3.63) is 60.2 Å². The predicted molar refractivity (Wildman–Crippen MR) is 136 cm³/mol. The van der Waals surface area contributed by atoms with Crippen molar-refractivity contribution in [1.82, 2.24) is 10.8 Å². The van der Waals surface area contributed by atoms with Crippen molar-refractivity contribution in [3.8, 4) is 5.75 Å². The van der Waals surface area contributed by atoms with E-state index in [1.165, 1.54) is 18.8 Å². The van der Waals surface area contributed by atoms with Gasteiger partial charge in [-0.3, -0.25) is 19.6 Å². The Bertz CT molecular complexity index is 984. The Balaban J connectivity index is 2.44. The molecule has 0 saturated heterocycles. The highest BCUT2D eigenvalue weighted by molar-refractivity contribution is 7.99. The van der Waals surface area contributed by atoms with Crippen LogP contribution in [0.1, 0.15) is 25.8 Å². The molecule has 0 fully saturated rings. The zero-order valence-corrected chi connectivity index (χ0v) is 21.4. The van der Waals surface area contributed by atoms with Crippen molar-refractivity contribution in [1.29, 1.82) is 0 Å². The van der Waals surface area contributed by atoms with E-state index in [9.17, 15) is 19.6 Å². The highest BCUT2D eigenvalue weighted by Gasteiger charge is 2.48. The molecular weight excluding hydrogens is 466 g/mol. The number of hydroxylamine groups is 1. The Labute approximate surface area is 211 Å². The zero-order chi connectivity index (χ0) is 26.0. The van der Waals surface area contributed by atoms with Crippen molar-refractivity contribution in [2.45, 2.75) is 37.1 Å². The number of carbonyl (C=O) groups is 3. The molecule has 9 heteroatoms. The number of amides is 2. The molecule has 0 bridgehead atoms. The van der Waals surface area contributed by atoms with Crippen LogP contribution in [0.25, 0.3) is 0 Å². The average Bonchev–Trinajstić information content (AvgIpc) is 2.87. The van der Waals surface area contributed by atoms with Crippen LogP contribution >= 0.6 is 11.8 Å². The maximum Gasteiger partial charge on any atom is 0.248 e. The van der Waals surface area contributed by atoms with Crippen LogP contribution in [0.5, 0.6) is 5.75 Å². The van der Waals surface area contributed by atoms with E-state index in [-0.39, 0.29) is 18.1 Å². The largest absolute Gasteiger partial charge is 0.497 e. The lowest BCUT2D eigenvalue weighted by atomic mass is 9.73. The number of likely N-dealkylation sites (N-methyl/N-ethyl adjacent to an activating group) is 1. The second-order valence-corrected chi connectivity index (χ2v) is 9.98. The number of benzene rings is 2. The number of Topliss-reactive ketones (excluding diaryl/α,β-unsaturated/α-hetero) is 1. The standard InChI is InChI=1S/C26H35N3O5S/c1-17(2)14-21(22(24(31)29-33)16-35-20-8-6-5-7-9-20)23(30)26(27,25(32)28-3)15-18-10-12-19(34-4)13-11-18/h5-13,17,21-22,33H,14-16,27H2,1-4H3,(H,28,32)(H,29,31)/t21?,22?,26-/m1/s1. The summed E-state index contributed by atoms with van der Waals surface area (Å²) in [4.78, 5) is 40.7. The Morgan fingerprint density at radius 3 is 2.20 bits per heavy atom. The summed E-state index contributed by atoms with van der Waals surface area (Å²) in [6, 6.07) is 16.4. The first kappa shape index (κ1) is 28.4. The van der Waals surface area contributed by atoms with Gasteiger partial charge in [0.2, 0.25) is 11.8 Å². The third kappa shape index (κ3) is 7.55. The molecule has 35 heavy (non-hydrogen) atoms. The molecule has 5 N–H and O–H groups in total. The summed E-state index contributed by atoms with van der Waals surface area (Å²) in [5.74, 6) is -2.74. The molecule has 2 amide bonds. The quantitative estimate of drug-likeness (QED) is 0.144. The average molecular weight is 502 g/mol. The van der Waals surface area contributed by atoms with Gasteiger partial charge in [-0.25, -0.2) is 5.48 Å². The molecule has 0 aliphatic heterocycles. The third-order valence-corrected chi connectivity index (χ3v) is 7.01. The Kier molecular flexibility index (Phi) is 10.8. The van der Waals surface area contributed by atoms with Crippen molar-refractivity contribution < 1.29 is 24.3 Å². The Morgan fingerprint density at radius 2 is 1.69 bits per heavy atom. The SMILES string of the molecule is CNC(=O)[C@@](N)(Cc1ccc(OC)cc1)C(=O)C(CC(C)C)C(CSc1ccccc1)C(=O)NO. The topological polar surface area (TPSA) is 131 Å². The number of rotatable bonds is 13. The van der Waals surface area contributed by atoms with Crippen molar-refractivity contribution in [2.75, 3.05) is 19.9 Å². The number of ketones is 1. The second kappa shape index (κ2) is 13.3. The molecule has 0 aliphatic rings. The molecule has 8 nitrogen and oxygen atoms in total.